The van der Waals surface area contributed by atoms with Gasteiger partial charge in [0, 0.05) is 18.0 Å². The van der Waals surface area contributed by atoms with E-state index in [0.717, 1.165) is 24.4 Å². The SMILES string of the molecule is CCCCCCCCCCCC1=NC(C)(C)CO1.c1ccc2ncccc2c1. The van der Waals surface area contributed by atoms with Crippen LogP contribution < -0.4 is 0 Å². The first-order valence-electron chi connectivity index (χ1n) is 11.1. The molecule has 0 unspecified atom stereocenters. The monoisotopic (exact) mass is 382 g/mol. The van der Waals surface area contributed by atoms with E-state index in [0.29, 0.717) is 0 Å². The van der Waals surface area contributed by atoms with Crippen LogP contribution in [0.25, 0.3) is 10.9 Å². The second-order valence-electron chi connectivity index (χ2n) is 8.38. The third-order valence-corrected chi connectivity index (χ3v) is 5.03. The summed E-state index contributed by atoms with van der Waals surface area (Å²) in [5.41, 5.74) is 1.08. The van der Waals surface area contributed by atoms with Crippen molar-refractivity contribution in [3.8, 4) is 0 Å². The molecule has 154 valence electrons. The number of aliphatic imine (C=N–C) groups is 1. The van der Waals surface area contributed by atoms with Crippen LogP contribution in [0, 0.1) is 0 Å². The zero-order chi connectivity index (χ0) is 20.1. The zero-order valence-corrected chi connectivity index (χ0v) is 18.1. The number of hydrogen-bond donors (Lipinski definition) is 0. The minimum absolute atomic E-state index is 0.0224. The van der Waals surface area contributed by atoms with Crippen molar-refractivity contribution in [1.82, 2.24) is 4.98 Å². The fourth-order valence-corrected chi connectivity index (χ4v) is 3.39. The van der Waals surface area contributed by atoms with Gasteiger partial charge in [0.2, 0.25) is 0 Å². The number of benzene rings is 1. The summed E-state index contributed by atoms with van der Waals surface area (Å²) in [5.74, 6) is 0.989. The minimum Gasteiger partial charge on any atom is -0.478 e. The molecule has 0 saturated carbocycles. The van der Waals surface area contributed by atoms with Crippen LogP contribution >= 0.6 is 0 Å². The molecule has 3 nitrogen and oxygen atoms in total. The molecule has 1 aliphatic rings. The van der Waals surface area contributed by atoms with Crippen molar-refractivity contribution in [1.29, 1.82) is 0 Å². The molecule has 3 heteroatoms. The van der Waals surface area contributed by atoms with Crippen molar-refractivity contribution in [2.75, 3.05) is 6.61 Å². The summed E-state index contributed by atoms with van der Waals surface area (Å²) in [7, 11) is 0. The van der Waals surface area contributed by atoms with E-state index in [4.69, 9.17) is 4.74 Å². The summed E-state index contributed by atoms with van der Waals surface area (Å²) in [6.07, 6.45) is 15.2. The molecule has 0 bridgehead atoms. The van der Waals surface area contributed by atoms with Crippen molar-refractivity contribution >= 4 is 16.8 Å². The highest BCUT2D eigenvalue weighted by atomic mass is 16.5. The largest absolute Gasteiger partial charge is 0.478 e. The lowest BCUT2D eigenvalue weighted by molar-refractivity contribution is 0.273. The lowest BCUT2D eigenvalue weighted by Crippen LogP contribution is -2.17. The summed E-state index contributed by atoms with van der Waals surface area (Å²) in [6.45, 7) is 7.31. The van der Waals surface area contributed by atoms with Gasteiger partial charge in [-0.2, -0.15) is 0 Å². The average Bonchev–Trinajstić information content (AvgIpc) is 3.06. The molecule has 0 spiro atoms. The van der Waals surface area contributed by atoms with Gasteiger partial charge in [-0.3, -0.25) is 4.98 Å². The number of fused-ring (bicyclic) bond motifs is 1. The van der Waals surface area contributed by atoms with Gasteiger partial charge in [-0.05, 0) is 32.4 Å². The smallest absolute Gasteiger partial charge is 0.183 e. The van der Waals surface area contributed by atoms with Gasteiger partial charge in [-0.1, -0.05) is 82.6 Å². The van der Waals surface area contributed by atoms with E-state index in [1.54, 1.807) is 0 Å². The molecule has 1 aromatic heterocycles. The van der Waals surface area contributed by atoms with E-state index in [1.165, 1.54) is 63.2 Å². The quantitative estimate of drug-likeness (QED) is 0.403. The summed E-state index contributed by atoms with van der Waals surface area (Å²) in [5, 5.41) is 1.20. The third-order valence-electron chi connectivity index (χ3n) is 5.03. The second kappa shape index (κ2) is 12.5. The molecule has 2 aromatic rings. The second-order valence-corrected chi connectivity index (χ2v) is 8.38. The first kappa shape index (κ1) is 22.4. The Kier molecular flexibility index (Phi) is 10.0. The normalized spacial score (nSPS) is 14.9. The first-order chi connectivity index (χ1) is 13.6. The van der Waals surface area contributed by atoms with Crippen LogP contribution in [0.1, 0.15) is 85.0 Å². The molecule has 28 heavy (non-hydrogen) atoms. The van der Waals surface area contributed by atoms with Crippen molar-refractivity contribution in [3.63, 3.8) is 0 Å². The number of para-hydroxylation sites is 1. The fourth-order valence-electron chi connectivity index (χ4n) is 3.39. The molecular weight excluding hydrogens is 344 g/mol. The molecule has 0 radical (unpaired) electrons. The Bertz CT molecular complexity index is 643. The van der Waals surface area contributed by atoms with E-state index in [1.807, 2.05) is 30.5 Å². The van der Waals surface area contributed by atoms with Crippen molar-refractivity contribution in [2.45, 2.75) is 90.5 Å². The number of ether oxygens (including phenoxy) is 1. The number of unbranched alkanes of at least 4 members (excludes halogenated alkanes) is 8. The Labute approximate surface area is 171 Å². The summed E-state index contributed by atoms with van der Waals surface area (Å²) in [6, 6.07) is 12.1. The van der Waals surface area contributed by atoms with E-state index in [-0.39, 0.29) is 5.54 Å². The van der Waals surface area contributed by atoms with E-state index in [2.05, 4.69) is 42.9 Å². The van der Waals surface area contributed by atoms with Crippen LogP contribution in [0.4, 0.5) is 0 Å². The highest BCUT2D eigenvalue weighted by molar-refractivity contribution is 5.78. The Morgan fingerprint density at radius 3 is 2.14 bits per heavy atom. The molecule has 0 amide bonds. The van der Waals surface area contributed by atoms with Gasteiger partial charge in [0.05, 0.1) is 11.1 Å². The topological polar surface area (TPSA) is 34.5 Å². The van der Waals surface area contributed by atoms with Crippen molar-refractivity contribution in [3.05, 3.63) is 42.6 Å². The predicted molar refractivity (Wildman–Crippen MR) is 121 cm³/mol. The molecule has 1 aromatic carbocycles. The maximum Gasteiger partial charge on any atom is 0.183 e. The average molecular weight is 383 g/mol. The summed E-state index contributed by atoms with van der Waals surface area (Å²) in [4.78, 5) is 8.76. The number of hydrogen-bond acceptors (Lipinski definition) is 3. The molecule has 3 rings (SSSR count). The van der Waals surface area contributed by atoms with E-state index in [9.17, 15) is 0 Å². The van der Waals surface area contributed by atoms with Crippen LogP contribution in [-0.4, -0.2) is 23.0 Å². The zero-order valence-electron chi connectivity index (χ0n) is 18.1. The third kappa shape index (κ3) is 8.86. The van der Waals surface area contributed by atoms with E-state index >= 15 is 0 Å². The maximum atomic E-state index is 5.59. The molecule has 2 heterocycles. The number of aromatic nitrogens is 1. The van der Waals surface area contributed by atoms with Gasteiger partial charge >= 0.3 is 0 Å². The maximum absolute atomic E-state index is 5.59. The predicted octanol–water partition coefficient (Wildman–Crippen LogP) is 7.35. The molecule has 1 aliphatic heterocycles. The number of pyridine rings is 1. The van der Waals surface area contributed by atoms with Crippen LogP contribution in [-0.2, 0) is 4.74 Å². The van der Waals surface area contributed by atoms with Gasteiger partial charge in [-0.25, -0.2) is 4.99 Å². The van der Waals surface area contributed by atoms with Gasteiger partial charge in [0.15, 0.2) is 5.90 Å². The van der Waals surface area contributed by atoms with Crippen molar-refractivity contribution < 1.29 is 4.74 Å². The van der Waals surface area contributed by atoms with Crippen LogP contribution in [0.2, 0.25) is 0 Å². The lowest BCUT2D eigenvalue weighted by atomic mass is 10.1. The van der Waals surface area contributed by atoms with Crippen LogP contribution in [0.5, 0.6) is 0 Å². The van der Waals surface area contributed by atoms with Gasteiger partial charge in [0.1, 0.15) is 6.61 Å². The van der Waals surface area contributed by atoms with Crippen LogP contribution in [0.15, 0.2) is 47.6 Å². The van der Waals surface area contributed by atoms with Crippen molar-refractivity contribution in [2.24, 2.45) is 4.99 Å². The van der Waals surface area contributed by atoms with E-state index < -0.39 is 0 Å². The Hall–Kier alpha value is -1.90. The summed E-state index contributed by atoms with van der Waals surface area (Å²) < 4.78 is 5.59. The molecule has 0 fully saturated rings. The minimum atomic E-state index is 0.0224. The number of nitrogens with zero attached hydrogens (tertiary/aromatic N) is 2. The Morgan fingerprint density at radius 1 is 0.857 bits per heavy atom. The molecular formula is C25H38N2O. The highest BCUT2D eigenvalue weighted by Crippen LogP contribution is 2.20. The van der Waals surface area contributed by atoms with Gasteiger partial charge in [-0.15, -0.1) is 0 Å². The molecule has 0 atom stereocenters. The standard InChI is InChI=1S/C16H31NO.C9H7N/c1-4-5-6-7-8-9-10-11-12-13-15-17-16(2,3)14-18-15;1-2-6-9-8(4-1)5-3-7-10-9/h4-14H2,1-3H3;1-7H. The Balaban J connectivity index is 0.000000233. The Morgan fingerprint density at radius 2 is 1.50 bits per heavy atom. The highest BCUT2D eigenvalue weighted by Gasteiger charge is 2.25. The molecule has 0 aliphatic carbocycles. The first-order valence-corrected chi connectivity index (χ1v) is 11.1. The molecule has 0 saturated heterocycles. The molecule has 0 N–H and O–H groups in total. The van der Waals surface area contributed by atoms with Crippen LogP contribution in [0.3, 0.4) is 0 Å². The summed E-state index contributed by atoms with van der Waals surface area (Å²) >= 11 is 0. The number of rotatable bonds is 10. The van der Waals surface area contributed by atoms with Gasteiger partial charge in [0.25, 0.3) is 0 Å². The van der Waals surface area contributed by atoms with Gasteiger partial charge < -0.3 is 4.74 Å². The lowest BCUT2D eigenvalue weighted by Gasteiger charge is -2.07. The fraction of sp³-hybridized carbons (Fsp3) is 0.600.